The fourth-order valence-electron chi connectivity index (χ4n) is 3.22. The van der Waals surface area contributed by atoms with Crippen LogP contribution in [0, 0.1) is 0 Å². The fourth-order valence-corrected chi connectivity index (χ4v) is 4.95. The second-order valence-electron chi connectivity index (χ2n) is 8.65. The molecule has 11 heteroatoms. The zero-order chi connectivity index (χ0) is 26.1. The highest BCUT2D eigenvalue weighted by molar-refractivity contribution is 7.62. The van der Waals surface area contributed by atoms with Crippen LogP contribution in [0.3, 0.4) is 0 Å². The Morgan fingerprint density at radius 1 is 1.09 bits per heavy atom. The first-order valence-electron chi connectivity index (χ1n) is 11.7. The predicted molar refractivity (Wildman–Crippen MR) is 132 cm³/mol. The number of carbonyl (C=O) groups excluding carboxylic acids is 2. The maximum absolute atomic E-state index is 13.4. The fraction of sp³-hybridized carbons (Fsp3) is 0.542. The van der Waals surface area contributed by atoms with Crippen molar-refractivity contribution in [1.29, 1.82) is 0 Å². The van der Waals surface area contributed by atoms with E-state index in [2.05, 4.69) is 15.6 Å². The molecule has 1 aromatic carbocycles. The number of nitrogens with zero attached hydrogens (tertiary/aromatic N) is 1. The summed E-state index contributed by atoms with van der Waals surface area (Å²) in [6.07, 6.45) is 0.0577. The third-order valence-corrected chi connectivity index (χ3v) is 6.64. The van der Waals surface area contributed by atoms with Crippen molar-refractivity contribution in [2.24, 2.45) is 0 Å². The number of nitrogens with one attached hydrogen (secondary N) is 2. The Bertz CT molecular complexity index is 1010. The summed E-state index contributed by atoms with van der Waals surface area (Å²) in [6.45, 7) is 10.5. The molecule has 0 saturated heterocycles. The second kappa shape index (κ2) is 12.9. The van der Waals surface area contributed by atoms with E-state index in [4.69, 9.17) is 18.2 Å². The molecule has 2 rings (SSSR count). The summed E-state index contributed by atoms with van der Waals surface area (Å²) in [5.74, 6) is 0.0720. The van der Waals surface area contributed by atoms with Crippen LogP contribution in [0.25, 0.3) is 0 Å². The number of alkyl carbamates (subject to hydrolysis) is 1. The van der Waals surface area contributed by atoms with Gasteiger partial charge in [0.2, 0.25) is 11.8 Å². The van der Waals surface area contributed by atoms with Crippen LogP contribution in [0.15, 0.2) is 34.7 Å². The second-order valence-corrected chi connectivity index (χ2v) is 10.6. The van der Waals surface area contributed by atoms with Crippen LogP contribution in [0.5, 0.6) is 0 Å². The topological polar surface area (TPSA) is 129 Å². The van der Waals surface area contributed by atoms with Crippen LogP contribution in [-0.4, -0.2) is 42.3 Å². The van der Waals surface area contributed by atoms with Gasteiger partial charge in [0.25, 0.3) is 0 Å². The molecule has 1 atom stereocenters. The first-order valence-corrected chi connectivity index (χ1v) is 13.2. The van der Waals surface area contributed by atoms with Gasteiger partial charge in [-0.3, -0.25) is 9.36 Å². The molecule has 0 radical (unpaired) electrons. The SMILES string of the molecule is CCOP(=O)(OCC)c1nc([C@H](Cc2ccccc2)NC(=O)CNC(=O)OC(C)(C)C)oc1CC. The monoisotopic (exact) mass is 509 g/mol. The number of ether oxygens (including phenoxy) is 1. The number of amides is 2. The van der Waals surface area contributed by atoms with E-state index in [1.807, 2.05) is 37.3 Å². The van der Waals surface area contributed by atoms with E-state index in [9.17, 15) is 14.2 Å². The van der Waals surface area contributed by atoms with Crippen LogP contribution < -0.4 is 16.1 Å². The van der Waals surface area contributed by atoms with Crippen LogP contribution in [0.2, 0.25) is 0 Å². The minimum atomic E-state index is -3.70. The first-order chi connectivity index (χ1) is 16.5. The van der Waals surface area contributed by atoms with E-state index < -0.39 is 31.2 Å². The minimum absolute atomic E-state index is 0.109. The number of oxazole rings is 1. The summed E-state index contributed by atoms with van der Waals surface area (Å²) in [6, 6.07) is 8.79. The van der Waals surface area contributed by atoms with Crippen LogP contribution in [0.4, 0.5) is 4.79 Å². The molecule has 0 fully saturated rings. The van der Waals surface area contributed by atoms with Gasteiger partial charge in [0.15, 0.2) is 5.44 Å². The van der Waals surface area contributed by atoms with E-state index >= 15 is 0 Å². The maximum atomic E-state index is 13.4. The number of hydrogen-bond donors (Lipinski definition) is 2. The Morgan fingerprint density at radius 3 is 2.26 bits per heavy atom. The Hall–Kier alpha value is -2.68. The molecule has 2 aromatic rings. The quantitative estimate of drug-likeness (QED) is 0.410. The van der Waals surface area contributed by atoms with Gasteiger partial charge >= 0.3 is 13.7 Å². The molecule has 2 amide bonds. The average Bonchev–Trinajstić information content (AvgIpc) is 3.23. The van der Waals surface area contributed by atoms with Gasteiger partial charge in [0.05, 0.1) is 13.2 Å². The van der Waals surface area contributed by atoms with Crippen molar-refractivity contribution in [2.45, 2.75) is 66.0 Å². The van der Waals surface area contributed by atoms with Crippen LogP contribution in [-0.2, 0) is 36.0 Å². The van der Waals surface area contributed by atoms with Gasteiger partial charge in [-0.1, -0.05) is 37.3 Å². The number of rotatable bonds is 12. The molecule has 1 aromatic heterocycles. The molecule has 194 valence electrons. The van der Waals surface area contributed by atoms with E-state index in [0.717, 1.165) is 5.56 Å². The normalized spacial score (nSPS) is 12.7. The minimum Gasteiger partial charge on any atom is -0.444 e. The van der Waals surface area contributed by atoms with E-state index in [1.165, 1.54) is 0 Å². The third-order valence-electron chi connectivity index (χ3n) is 4.58. The summed E-state index contributed by atoms with van der Waals surface area (Å²) in [5, 5.41) is 5.28. The zero-order valence-corrected chi connectivity index (χ0v) is 22.1. The third kappa shape index (κ3) is 8.80. The summed E-state index contributed by atoms with van der Waals surface area (Å²) >= 11 is 0. The molecule has 2 N–H and O–H groups in total. The Kier molecular flexibility index (Phi) is 10.5. The highest BCUT2D eigenvalue weighted by Crippen LogP contribution is 2.47. The van der Waals surface area contributed by atoms with Crippen molar-refractivity contribution < 1.29 is 32.4 Å². The molecule has 10 nitrogen and oxygen atoms in total. The van der Waals surface area contributed by atoms with Crippen molar-refractivity contribution in [3.05, 3.63) is 47.5 Å². The zero-order valence-electron chi connectivity index (χ0n) is 21.3. The van der Waals surface area contributed by atoms with Crippen molar-refractivity contribution in [1.82, 2.24) is 15.6 Å². The van der Waals surface area contributed by atoms with Crippen LogP contribution >= 0.6 is 7.60 Å². The lowest BCUT2D eigenvalue weighted by Crippen LogP contribution is -2.41. The highest BCUT2D eigenvalue weighted by Gasteiger charge is 2.36. The number of hydrogen-bond acceptors (Lipinski definition) is 8. The smallest absolute Gasteiger partial charge is 0.408 e. The van der Waals surface area contributed by atoms with Gasteiger partial charge in [0.1, 0.15) is 23.9 Å². The van der Waals surface area contributed by atoms with Gasteiger partial charge in [-0.2, -0.15) is 0 Å². The Labute approximate surface area is 206 Å². The molecule has 35 heavy (non-hydrogen) atoms. The summed E-state index contributed by atoms with van der Waals surface area (Å²) in [5.41, 5.74) is 0.350. The lowest BCUT2D eigenvalue weighted by atomic mass is 10.1. The molecule has 0 spiro atoms. The van der Waals surface area contributed by atoms with Crippen LogP contribution in [0.1, 0.15) is 64.8 Å². The van der Waals surface area contributed by atoms with Crippen molar-refractivity contribution >= 4 is 25.0 Å². The average molecular weight is 510 g/mol. The molecule has 0 saturated carbocycles. The van der Waals surface area contributed by atoms with Gasteiger partial charge in [-0.25, -0.2) is 9.78 Å². The molecule has 0 aliphatic rings. The molecule has 0 aliphatic carbocycles. The van der Waals surface area contributed by atoms with Gasteiger partial charge in [0, 0.05) is 12.8 Å². The van der Waals surface area contributed by atoms with Gasteiger partial charge < -0.3 is 28.8 Å². The van der Waals surface area contributed by atoms with Crippen molar-refractivity contribution in [3.8, 4) is 0 Å². The summed E-state index contributed by atoms with van der Waals surface area (Å²) in [4.78, 5) is 29.1. The van der Waals surface area contributed by atoms with E-state index in [0.29, 0.717) is 18.6 Å². The van der Waals surface area contributed by atoms with Crippen molar-refractivity contribution in [3.63, 3.8) is 0 Å². The molecule has 0 bridgehead atoms. The Balaban J connectivity index is 2.30. The number of aromatic nitrogens is 1. The highest BCUT2D eigenvalue weighted by atomic mass is 31.2. The molecular weight excluding hydrogens is 473 g/mol. The van der Waals surface area contributed by atoms with Crippen molar-refractivity contribution in [2.75, 3.05) is 19.8 Å². The lowest BCUT2D eigenvalue weighted by molar-refractivity contribution is -0.121. The summed E-state index contributed by atoms with van der Waals surface area (Å²) in [7, 11) is -3.70. The number of carbonyl (C=O) groups is 2. The first kappa shape index (κ1) is 28.6. The number of aryl methyl sites for hydroxylation is 1. The molecule has 0 aliphatic heterocycles. The lowest BCUT2D eigenvalue weighted by Gasteiger charge is -2.20. The standard InChI is InChI=1S/C24H36N3O7P/c1-7-19-22(35(30,31-8-2)32-9-3)27-21(33-19)18(15-17-13-11-10-12-14-17)26-20(28)16-25-23(29)34-24(4,5)6/h10-14,18H,7-9,15-16H2,1-6H3,(H,25,29)(H,26,28)/t18-/m0/s1. The largest absolute Gasteiger partial charge is 0.444 e. The number of benzene rings is 1. The van der Waals surface area contributed by atoms with Gasteiger partial charge in [-0.05, 0) is 40.2 Å². The molecule has 1 heterocycles. The summed E-state index contributed by atoms with van der Waals surface area (Å²) < 4.78 is 35.4. The molecule has 0 unspecified atom stereocenters. The van der Waals surface area contributed by atoms with Gasteiger partial charge in [-0.15, -0.1) is 0 Å². The maximum Gasteiger partial charge on any atom is 0.408 e. The van der Waals surface area contributed by atoms with E-state index in [-0.39, 0.29) is 31.1 Å². The van der Waals surface area contributed by atoms with E-state index in [1.54, 1.807) is 34.6 Å². The predicted octanol–water partition coefficient (Wildman–Crippen LogP) is 4.05. The Morgan fingerprint density at radius 2 is 1.71 bits per heavy atom. The molecular formula is C24H36N3O7P.